The Hall–Kier alpha value is -1.58. The van der Waals surface area contributed by atoms with E-state index in [1.54, 1.807) is 6.07 Å². The number of anilines is 1. The van der Waals surface area contributed by atoms with E-state index in [9.17, 15) is 4.79 Å². The molecule has 1 N–H and O–H groups in total. The number of carbonyl (C=O) groups is 1. The summed E-state index contributed by atoms with van der Waals surface area (Å²) in [5, 5.41) is 8.81. The summed E-state index contributed by atoms with van der Waals surface area (Å²) < 4.78 is 0. The minimum absolute atomic E-state index is 0.260. The maximum atomic E-state index is 10.7. The van der Waals surface area contributed by atoms with Crippen molar-refractivity contribution in [1.82, 2.24) is 4.98 Å². The number of nitrogens with zero attached hydrogens (tertiary/aromatic N) is 2. The molecule has 0 saturated carbocycles. The zero-order valence-electron chi connectivity index (χ0n) is 8.73. The first-order valence-corrected chi connectivity index (χ1v) is 5.13. The van der Waals surface area contributed by atoms with Crippen molar-refractivity contribution < 1.29 is 9.90 Å². The summed E-state index contributed by atoms with van der Waals surface area (Å²) in [5.74, 6) is 0.0103. The van der Waals surface area contributed by atoms with Gasteiger partial charge < -0.3 is 10.0 Å². The van der Waals surface area contributed by atoms with Crippen LogP contribution in [0.25, 0.3) is 0 Å². The summed E-state index contributed by atoms with van der Waals surface area (Å²) in [6.45, 7) is 3.97. The van der Waals surface area contributed by atoms with E-state index in [2.05, 4.69) is 9.88 Å². The third kappa shape index (κ3) is 1.93. The molecule has 0 aromatic carbocycles. The van der Waals surface area contributed by atoms with E-state index in [0.717, 1.165) is 24.5 Å². The van der Waals surface area contributed by atoms with Crippen LogP contribution in [0.1, 0.15) is 28.8 Å². The van der Waals surface area contributed by atoms with Crippen LogP contribution in [0.15, 0.2) is 12.3 Å². The summed E-state index contributed by atoms with van der Waals surface area (Å²) in [7, 11) is 0. The van der Waals surface area contributed by atoms with Gasteiger partial charge in [-0.05, 0) is 31.4 Å². The van der Waals surface area contributed by atoms with Gasteiger partial charge in [0.15, 0.2) is 0 Å². The van der Waals surface area contributed by atoms with Crippen LogP contribution in [0.4, 0.5) is 5.82 Å². The highest BCUT2D eigenvalue weighted by molar-refractivity contribution is 5.87. The highest BCUT2D eigenvalue weighted by atomic mass is 16.4. The molecule has 0 radical (unpaired) electrons. The largest absolute Gasteiger partial charge is 0.478 e. The lowest BCUT2D eigenvalue weighted by atomic mass is 10.2. The van der Waals surface area contributed by atoms with Gasteiger partial charge in [0.2, 0.25) is 0 Å². The van der Waals surface area contributed by atoms with Crippen LogP contribution in [-0.4, -0.2) is 29.1 Å². The smallest absolute Gasteiger partial charge is 0.337 e. The molecule has 1 saturated heterocycles. The van der Waals surface area contributed by atoms with Gasteiger partial charge in [0.25, 0.3) is 0 Å². The van der Waals surface area contributed by atoms with Gasteiger partial charge in [-0.2, -0.15) is 0 Å². The fraction of sp³-hybridized carbons (Fsp3) is 0.455. The molecule has 0 aliphatic carbocycles. The second kappa shape index (κ2) is 3.88. The molecule has 0 spiro atoms. The number of hydrogen-bond donors (Lipinski definition) is 1. The zero-order valence-corrected chi connectivity index (χ0v) is 8.73. The van der Waals surface area contributed by atoms with E-state index in [0.29, 0.717) is 0 Å². The predicted molar refractivity (Wildman–Crippen MR) is 57.4 cm³/mol. The van der Waals surface area contributed by atoms with Crippen molar-refractivity contribution in [3.05, 3.63) is 23.4 Å². The average Bonchev–Trinajstić information content (AvgIpc) is 2.70. The second-order valence-corrected chi connectivity index (χ2v) is 3.86. The van der Waals surface area contributed by atoms with Crippen LogP contribution < -0.4 is 4.90 Å². The maximum absolute atomic E-state index is 10.7. The molecule has 1 aliphatic rings. The van der Waals surface area contributed by atoms with E-state index >= 15 is 0 Å². The van der Waals surface area contributed by atoms with Crippen LogP contribution >= 0.6 is 0 Å². The Balaban J connectivity index is 2.29. The maximum Gasteiger partial charge on any atom is 0.337 e. The SMILES string of the molecule is Cc1cc(C(=O)O)cnc1N1CCCC1. The Labute approximate surface area is 88.6 Å². The minimum Gasteiger partial charge on any atom is -0.478 e. The zero-order chi connectivity index (χ0) is 10.8. The number of pyridine rings is 1. The van der Waals surface area contributed by atoms with E-state index in [-0.39, 0.29) is 5.56 Å². The van der Waals surface area contributed by atoms with Gasteiger partial charge in [-0.15, -0.1) is 0 Å². The summed E-state index contributed by atoms with van der Waals surface area (Å²) in [4.78, 5) is 17.2. The Bertz CT molecular complexity index is 384. The molecule has 0 atom stereocenters. The summed E-state index contributed by atoms with van der Waals surface area (Å²) in [6.07, 6.45) is 3.83. The molecule has 2 rings (SSSR count). The molecule has 0 amide bonds. The molecule has 1 aromatic heterocycles. The molecule has 15 heavy (non-hydrogen) atoms. The summed E-state index contributed by atoms with van der Waals surface area (Å²) in [6, 6.07) is 1.68. The number of carboxylic acids is 1. The van der Waals surface area contributed by atoms with E-state index < -0.39 is 5.97 Å². The molecule has 1 aromatic rings. The monoisotopic (exact) mass is 206 g/mol. The van der Waals surface area contributed by atoms with Gasteiger partial charge in [0.05, 0.1) is 5.56 Å². The number of rotatable bonds is 2. The van der Waals surface area contributed by atoms with Crippen LogP contribution in [0, 0.1) is 6.92 Å². The van der Waals surface area contributed by atoms with Crippen molar-refractivity contribution in [1.29, 1.82) is 0 Å². The van der Waals surface area contributed by atoms with Crippen LogP contribution in [0.2, 0.25) is 0 Å². The number of aromatic nitrogens is 1. The lowest BCUT2D eigenvalue weighted by Gasteiger charge is -2.18. The van der Waals surface area contributed by atoms with Crippen molar-refractivity contribution in [2.75, 3.05) is 18.0 Å². The standard InChI is InChI=1S/C11H14N2O2/c1-8-6-9(11(14)15)7-12-10(8)13-4-2-3-5-13/h6-7H,2-5H2,1H3,(H,14,15). The number of aryl methyl sites for hydroxylation is 1. The summed E-state index contributed by atoms with van der Waals surface area (Å²) >= 11 is 0. The molecule has 4 nitrogen and oxygen atoms in total. The lowest BCUT2D eigenvalue weighted by molar-refractivity contribution is 0.0696. The third-order valence-electron chi connectivity index (χ3n) is 2.70. The lowest BCUT2D eigenvalue weighted by Crippen LogP contribution is -2.20. The van der Waals surface area contributed by atoms with Crippen LogP contribution in [0.3, 0.4) is 0 Å². The van der Waals surface area contributed by atoms with Crippen molar-refractivity contribution in [2.45, 2.75) is 19.8 Å². The first-order chi connectivity index (χ1) is 7.18. The van der Waals surface area contributed by atoms with E-state index in [1.165, 1.54) is 19.0 Å². The fourth-order valence-corrected chi connectivity index (χ4v) is 1.94. The van der Waals surface area contributed by atoms with Gasteiger partial charge in [0.1, 0.15) is 5.82 Å². The van der Waals surface area contributed by atoms with E-state index in [4.69, 9.17) is 5.11 Å². The normalized spacial score (nSPS) is 15.7. The van der Waals surface area contributed by atoms with Gasteiger partial charge in [0, 0.05) is 19.3 Å². The molecule has 4 heteroatoms. The van der Waals surface area contributed by atoms with Gasteiger partial charge in [-0.3, -0.25) is 0 Å². The molecule has 1 aliphatic heterocycles. The Morgan fingerprint density at radius 3 is 2.67 bits per heavy atom. The predicted octanol–water partition coefficient (Wildman–Crippen LogP) is 1.69. The second-order valence-electron chi connectivity index (χ2n) is 3.86. The molecule has 0 bridgehead atoms. The first kappa shape index (κ1) is 9.96. The van der Waals surface area contributed by atoms with Crippen molar-refractivity contribution >= 4 is 11.8 Å². The number of aromatic carboxylic acids is 1. The number of hydrogen-bond acceptors (Lipinski definition) is 3. The van der Waals surface area contributed by atoms with Gasteiger partial charge >= 0.3 is 5.97 Å². The topological polar surface area (TPSA) is 53.4 Å². The highest BCUT2D eigenvalue weighted by Gasteiger charge is 2.16. The quantitative estimate of drug-likeness (QED) is 0.800. The Kier molecular flexibility index (Phi) is 2.58. The summed E-state index contributed by atoms with van der Waals surface area (Å²) in [5.41, 5.74) is 1.20. The van der Waals surface area contributed by atoms with Gasteiger partial charge in [-0.25, -0.2) is 9.78 Å². The molecular formula is C11H14N2O2. The van der Waals surface area contributed by atoms with Gasteiger partial charge in [-0.1, -0.05) is 0 Å². The average molecular weight is 206 g/mol. The van der Waals surface area contributed by atoms with Crippen molar-refractivity contribution in [3.63, 3.8) is 0 Å². The first-order valence-electron chi connectivity index (χ1n) is 5.13. The molecular weight excluding hydrogens is 192 g/mol. The third-order valence-corrected chi connectivity index (χ3v) is 2.70. The fourth-order valence-electron chi connectivity index (χ4n) is 1.94. The minimum atomic E-state index is -0.918. The van der Waals surface area contributed by atoms with Crippen LogP contribution in [0.5, 0.6) is 0 Å². The molecule has 2 heterocycles. The Morgan fingerprint density at radius 2 is 2.13 bits per heavy atom. The van der Waals surface area contributed by atoms with Crippen molar-refractivity contribution in [3.8, 4) is 0 Å². The molecule has 1 fully saturated rings. The molecule has 0 unspecified atom stereocenters. The Morgan fingerprint density at radius 1 is 1.47 bits per heavy atom. The molecule has 80 valence electrons. The van der Waals surface area contributed by atoms with E-state index in [1.807, 2.05) is 6.92 Å². The van der Waals surface area contributed by atoms with Crippen LogP contribution in [-0.2, 0) is 0 Å². The highest BCUT2D eigenvalue weighted by Crippen LogP contribution is 2.22. The van der Waals surface area contributed by atoms with Crippen molar-refractivity contribution in [2.24, 2.45) is 0 Å². The number of carboxylic acid groups (broad SMARTS) is 1.